The van der Waals surface area contributed by atoms with Gasteiger partial charge in [0, 0.05) is 18.8 Å². The van der Waals surface area contributed by atoms with Crippen LogP contribution in [0, 0.1) is 0 Å². The van der Waals surface area contributed by atoms with Crippen molar-refractivity contribution in [1.82, 2.24) is 9.88 Å². The number of halogens is 3. The largest absolute Gasteiger partial charge is 0.416 e. The van der Waals surface area contributed by atoms with Crippen LogP contribution in [0.3, 0.4) is 0 Å². The van der Waals surface area contributed by atoms with Crippen LogP contribution in [-0.2, 0) is 6.18 Å². The summed E-state index contributed by atoms with van der Waals surface area (Å²) in [5.74, 6) is -0.169. The van der Waals surface area contributed by atoms with E-state index >= 15 is 0 Å². The van der Waals surface area contributed by atoms with Crippen LogP contribution in [-0.4, -0.2) is 30.0 Å². The zero-order chi connectivity index (χ0) is 13.3. The average Bonchev–Trinajstić information content (AvgIpc) is 2.27. The Balaban J connectivity index is 2.40. The molecule has 3 nitrogen and oxygen atoms in total. The second kappa shape index (κ2) is 4.76. The van der Waals surface area contributed by atoms with Gasteiger partial charge in [-0.2, -0.15) is 13.2 Å². The van der Waals surface area contributed by atoms with Gasteiger partial charge in [-0.15, -0.1) is 0 Å². The molecule has 1 unspecified atom stereocenters. The van der Waals surface area contributed by atoms with Crippen molar-refractivity contribution in [1.29, 1.82) is 0 Å². The van der Waals surface area contributed by atoms with Crippen LogP contribution in [0.2, 0.25) is 0 Å². The van der Waals surface area contributed by atoms with E-state index in [2.05, 4.69) is 4.98 Å². The molecule has 0 amide bonds. The van der Waals surface area contributed by atoms with Crippen molar-refractivity contribution in [3.63, 3.8) is 0 Å². The summed E-state index contributed by atoms with van der Waals surface area (Å²) in [6.45, 7) is 1.50. The van der Waals surface area contributed by atoms with Gasteiger partial charge < -0.3 is 9.88 Å². The van der Waals surface area contributed by atoms with Crippen LogP contribution in [0.25, 0.3) is 0 Å². The van der Waals surface area contributed by atoms with E-state index < -0.39 is 17.3 Å². The second-order valence-corrected chi connectivity index (χ2v) is 4.77. The lowest BCUT2D eigenvalue weighted by Crippen LogP contribution is -2.32. The molecule has 18 heavy (non-hydrogen) atoms. The Hall–Kier alpha value is -1.30. The number of pyridine rings is 1. The van der Waals surface area contributed by atoms with E-state index in [0.29, 0.717) is 12.6 Å². The maximum atomic E-state index is 12.9. The van der Waals surface area contributed by atoms with Crippen molar-refractivity contribution in [3.8, 4) is 0 Å². The molecule has 1 aliphatic rings. The molecule has 1 aromatic rings. The highest BCUT2D eigenvalue weighted by Gasteiger charge is 2.36. The van der Waals surface area contributed by atoms with Gasteiger partial charge in [0.15, 0.2) is 0 Å². The molecule has 2 heterocycles. The van der Waals surface area contributed by atoms with Crippen molar-refractivity contribution in [2.45, 2.75) is 24.9 Å². The molecule has 6 heteroatoms. The lowest BCUT2D eigenvalue weighted by atomic mass is 9.89. The van der Waals surface area contributed by atoms with Crippen LogP contribution < -0.4 is 5.56 Å². The van der Waals surface area contributed by atoms with Crippen LogP contribution in [0.15, 0.2) is 17.1 Å². The van der Waals surface area contributed by atoms with Crippen LogP contribution in [0.4, 0.5) is 13.2 Å². The molecule has 1 aromatic heterocycles. The van der Waals surface area contributed by atoms with Crippen LogP contribution in [0.5, 0.6) is 0 Å². The summed E-state index contributed by atoms with van der Waals surface area (Å²) >= 11 is 0. The molecule has 0 bridgehead atoms. The first-order valence-electron chi connectivity index (χ1n) is 5.86. The van der Waals surface area contributed by atoms with Crippen LogP contribution in [0.1, 0.15) is 29.9 Å². The molecule has 0 saturated carbocycles. The third-order valence-electron chi connectivity index (χ3n) is 3.33. The van der Waals surface area contributed by atoms with Gasteiger partial charge in [0.2, 0.25) is 5.56 Å². The Morgan fingerprint density at radius 1 is 1.44 bits per heavy atom. The first-order valence-corrected chi connectivity index (χ1v) is 5.86. The second-order valence-electron chi connectivity index (χ2n) is 4.77. The Labute approximate surface area is 103 Å². The highest BCUT2D eigenvalue weighted by molar-refractivity contribution is 5.30. The van der Waals surface area contributed by atoms with Crippen LogP contribution >= 0.6 is 0 Å². The average molecular weight is 260 g/mol. The van der Waals surface area contributed by atoms with E-state index in [1.165, 1.54) is 6.20 Å². The van der Waals surface area contributed by atoms with Crippen molar-refractivity contribution < 1.29 is 13.2 Å². The molecule has 100 valence electrons. The van der Waals surface area contributed by atoms with Gasteiger partial charge in [-0.1, -0.05) is 0 Å². The fourth-order valence-corrected chi connectivity index (χ4v) is 2.49. The molecular formula is C12H15F3N2O. The molecule has 0 aromatic carbocycles. The molecular weight excluding hydrogens is 245 g/mol. The van der Waals surface area contributed by atoms with Gasteiger partial charge in [0.25, 0.3) is 0 Å². The zero-order valence-electron chi connectivity index (χ0n) is 10.0. The molecule has 1 saturated heterocycles. The fourth-order valence-electron chi connectivity index (χ4n) is 2.49. The number of hydrogen-bond donors (Lipinski definition) is 1. The first-order chi connectivity index (χ1) is 8.38. The molecule has 2 rings (SSSR count). The van der Waals surface area contributed by atoms with E-state index in [4.69, 9.17) is 0 Å². The SMILES string of the molecule is CN1CCCC(c2c[nH]c(=O)cc2C(F)(F)F)C1. The summed E-state index contributed by atoms with van der Waals surface area (Å²) in [4.78, 5) is 15.4. The number of aromatic amines is 1. The molecule has 1 atom stereocenters. The Bertz CT molecular complexity index is 481. The number of likely N-dealkylation sites (N-methyl/N-ethyl adjacent to an activating group) is 1. The van der Waals surface area contributed by atoms with Crippen molar-refractivity contribution in [2.24, 2.45) is 0 Å². The normalized spacial score (nSPS) is 22.1. The monoisotopic (exact) mass is 260 g/mol. The number of nitrogens with zero attached hydrogens (tertiary/aromatic N) is 1. The quantitative estimate of drug-likeness (QED) is 0.840. The van der Waals surface area contributed by atoms with Gasteiger partial charge in [0.05, 0.1) is 5.56 Å². The highest BCUT2D eigenvalue weighted by Crippen LogP contribution is 2.36. The first kappa shape index (κ1) is 13.1. The summed E-state index contributed by atoms with van der Waals surface area (Å²) in [5.41, 5.74) is -1.31. The maximum absolute atomic E-state index is 12.9. The molecule has 0 aliphatic carbocycles. The minimum Gasteiger partial charge on any atom is -0.329 e. The van der Waals surface area contributed by atoms with E-state index in [1.807, 2.05) is 11.9 Å². The number of likely N-dealkylation sites (tertiary alicyclic amines) is 1. The lowest BCUT2D eigenvalue weighted by Gasteiger charge is -2.31. The number of hydrogen-bond acceptors (Lipinski definition) is 2. The van der Waals surface area contributed by atoms with E-state index in [-0.39, 0.29) is 11.5 Å². The minimum absolute atomic E-state index is 0.169. The maximum Gasteiger partial charge on any atom is 0.416 e. The van der Waals surface area contributed by atoms with Gasteiger partial charge in [-0.05, 0) is 37.9 Å². The number of rotatable bonds is 1. The summed E-state index contributed by atoms with van der Waals surface area (Å²) in [6, 6.07) is 0.657. The Kier molecular flexibility index (Phi) is 3.47. The summed E-state index contributed by atoms with van der Waals surface area (Å²) < 4.78 is 38.7. The number of H-pyrrole nitrogens is 1. The predicted octanol–water partition coefficient (Wildman–Crippen LogP) is 2.20. The minimum atomic E-state index is -4.47. The summed E-state index contributed by atoms with van der Waals surface area (Å²) in [5, 5.41) is 0. The summed E-state index contributed by atoms with van der Waals surface area (Å²) in [6.07, 6.45) is -1.66. The molecule has 1 N–H and O–H groups in total. The Morgan fingerprint density at radius 3 is 2.78 bits per heavy atom. The third kappa shape index (κ3) is 2.75. The molecule has 1 aliphatic heterocycles. The number of nitrogens with one attached hydrogen (secondary N) is 1. The van der Waals surface area contributed by atoms with E-state index in [0.717, 1.165) is 19.4 Å². The zero-order valence-corrected chi connectivity index (χ0v) is 10.0. The number of alkyl halides is 3. The van der Waals surface area contributed by atoms with Crippen molar-refractivity contribution in [3.05, 3.63) is 33.7 Å². The topological polar surface area (TPSA) is 36.1 Å². The van der Waals surface area contributed by atoms with E-state index in [1.54, 1.807) is 0 Å². The standard InChI is InChI=1S/C12H15F3N2O/c1-17-4-2-3-8(7-17)9-6-16-11(18)5-10(9)12(13,14)15/h5-6,8H,2-4,7H2,1H3,(H,16,18). The van der Waals surface area contributed by atoms with Gasteiger partial charge in [-0.3, -0.25) is 4.79 Å². The number of piperidine rings is 1. The third-order valence-corrected chi connectivity index (χ3v) is 3.33. The van der Waals surface area contributed by atoms with E-state index in [9.17, 15) is 18.0 Å². The van der Waals surface area contributed by atoms with Gasteiger partial charge >= 0.3 is 6.18 Å². The lowest BCUT2D eigenvalue weighted by molar-refractivity contribution is -0.138. The fraction of sp³-hybridized carbons (Fsp3) is 0.583. The summed E-state index contributed by atoms with van der Waals surface area (Å²) in [7, 11) is 1.89. The smallest absolute Gasteiger partial charge is 0.329 e. The van der Waals surface area contributed by atoms with Crippen molar-refractivity contribution in [2.75, 3.05) is 20.1 Å². The van der Waals surface area contributed by atoms with Crippen molar-refractivity contribution >= 4 is 0 Å². The van der Waals surface area contributed by atoms with Gasteiger partial charge in [-0.25, -0.2) is 0 Å². The molecule has 0 spiro atoms. The molecule has 0 radical (unpaired) electrons. The molecule has 1 fully saturated rings. The highest BCUT2D eigenvalue weighted by atomic mass is 19.4. The Morgan fingerprint density at radius 2 is 2.17 bits per heavy atom. The number of aromatic nitrogens is 1. The van der Waals surface area contributed by atoms with Gasteiger partial charge in [0.1, 0.15) is 0 Å². The predicted molar refractivity (Wildman–Crippen MR) is 61.5 cm³/mol.